The SMILES string of the molecule is CCOc1ccc(OC(C(=O)Nc2nc3cc(CO)c(CO)cc3s2)c2ccc(S(=O)(=O)CC)cc2)cc1. The summed E-state index contributed by atoms with van der Waals surface area (Å²) in [7, 11) is -3.40. The van der Waals surface area contributed by atoms with Gasteiger partial charge in [0.05, 0.1) is 40.7 Å². The number of benzene rings is 3. The van der Waals surface area contributed by atoms with Crippen LogP contribution in [0.3, 0.4) is 0 Å². The Hall–Kier alpha value is -3.51. The van der Waals surface area contributed by atoms with Crippen molar-refractivity contribution < 1.29 is 32.9 Å². The molecule has 1 aromatic heterocycles. The van der Waals surface area contributed by atoms with E-state index in [1.54, 1.807) is 55.5 Å². The van der Waals surface area contributed by atoms with Gasteiger partial charge in [-0.3, -0.25) is 10.1 Å². The second-order valence-electron chi connectivity index (χ2n) is 8.29. The summed E-state index contributed by atoms with van der Waals surface area (Å²) in [4.78, 5) is 18.1. The minimum Gasteiger partial charge on any atom is -0.494 e. The Morgan fingerprint density at radius 3 is 2.21 bits per heavy atom. The molecule has 0 saturated carbocycles. The van der Waals surface area contributed by atoms with Crippen LogP contribution in [0.25, 0.3) is 10.2 Å². The Morgan fingerprint density at radius 1 is 0.974 bits per heavy atom. The topological polar surface area (TPSA) is 135 Å². The number of thiazole rings is 1. The van der Waals surface area contributed by atoms with Gasteiger partial charge in [0.15, 0.2) is 15.0 Å². The summed E-state index contributed by atoms with van der Waals surface area (Å²) >= 11 is 1.22. The number of hydrogen-bond donors (Lipinski definition) is 3. The van der Waals surface area contributed by atoms with Crippen LogP contribution in [-0.2, 0) is 27.8 Å². The third-order valence-corrected chi connectivity index (χ3v) is 8.51. The predicted molar refractivity (Wildman–Crippen MR) is 145 cm³/mol. The second kappa shape index (κ2) is 11.9. The molecule has 3 N–H and O–H groups in total. The summed E-state index contributed by atoms with van der Waals surface area (Å²) in [5, 5.41) is 22.2. The molecule has 1 atom stereocenters. The summed E-state index contributed by atoms with van der Waals surface area (Å²) in [6.45, 7) is 3.49. The van der Waals surface area contributed by atoms with Gasteiger partial charge >= 0.3 is 0 Å². The quantitative estimate of drug-likeness (QED) is 0.250. The van der Waals surface area contributed by atoms with Gasteiger partial charge < -0.3 is 19.7 Å². The molecule has 1 amide bonds. The Bertz CT molecular complexity index is 1470. The van der Waals surface area contributed by atoms with Crippen molar-refractivity contribution in [3.05, 3.63) is 77.4 Å². The van der Waals surface area contributed by atoms with Gasteiger partial charge in [0.25, 0.3) is 5.91 Å². The minimum absolute atomic E-state index is 0.0352. The molecule has 200 valence electrons. The maximum absolute atomic E-state index is 13.5. The van der Waals surface area contributed by atoms with Crippen molar-refractivity contribution in [2.75, 3.05) is 17.7 Å². The number of anilines is 1. The van der Waals surface area contributed by atoms with Crippen LogP contribution in [0.15, 0.2) is 65.6 Å². The van der Waals surface area contributed by atoms with Crippen molar-refractivity contribution in [2.45, 2.75) is 38.1 Å². The van der Waals surface area contributed by atoms with Crippen molar-refractivity contribution >= 4 is 42.4 Å². The molecule has 0 spiro atoms. The maximum atomic E-state index is 13.5. The van der Waals surface area contributed by atoms with E-state index in [-0.39, 0.29) is 23.9 Å². The lowest BCUT2D eigenvalue weighted by Crippen LogP contribution is -2.25. The molecule has 38 heavy (non-hydrogen) atoms. The number of aliphatic hydroxyl groups excluding tert-OH is 2. The van der Waals surface area contributed by atoms with Crippen molar-refractivity contribution in [2.24, 2.45) is 0 Å². The molecule has 0 aliphatic carbocycles. The van der Waals surface area contributed by atoms with Gasteiger partial charge in [-0.1, -0.05) is 30.4 Å². The molecule has 11 heteroatoms. The van der Waals surface area contributed by atoms with Gasteiger partial charge in [-0.25, -0.2) is 13.4 Å². The van der Waals surface area contributed by atoms with Crippen LogP contribution < -0.4 is 14.8 Å². The first kappa shape index (κ1) is 27.5. The molecule has 3 aromatic carbocycles. The van der Waals surface area contributed by atoms with Crippen LogP contribution in [0.1, 0.15) is 36.6 Å². The highest BCUT2D eigenvalue weighted by atomic mass is 32.2. The average Bonchev–Trinajstić information content (AvgIpc) is 3.32. The molecule has 0 saturated heterocycles. The number of ether oxygens (including phenoxy) is 2. The summed E-state index contributed by atoms with van der Waals surface area (Å²) in [5.41, 5.74) is 2.17. The number of aromatic nitrogens is 1. The Balaban J connectivity index is 1.64. The number of aliphatic hydroxyl groups is 2. The number of sulfone groups is 1. The first-order valence-electron chi connectivity index (χ1n) is 11.9. The van der Waals surface area contributed by atoms with Crippen LogP contribution >= 0.6 is 11.3 Å². The van der Waals surface area contributed by atoms with Crippen LogP contribution in [0.2, 0.25) is 0 Å². The first-order valence-corrected chi connectivity index (χ1v) is 14.4. The van der Waals surface area contributed by atoms with E-state index >= 15 is 0 Å². The van der Waals surface area contributed by atoms with Gasteiger partial charge in [-0.15, -0.1) is 0 Å². The fraction of sp³-hybridized carbons (Fsp3) is 0.259. The van der Waals surface area contributed by atoms with E-state index in [9.17, 15) is 23.4 Å². The zero-order valence-electron chi connectivity index (χ0n) is 20.9. The van der Waals surface area contributed by atoms with E-state index in [2.05, 4.69) is 10.3 Å². The average molecular weight is 557 g/mol. The normalized spacial score (nSPS) is 12.3. The summed E-state index contributed by atoms with van der Waals surface area (Å²) in [6, 6.07) is 16.3. The van der Waals surface area contributed by atoms with E-state index in [1.807, 2.05) is 6.92 Å². The van der Waals surface area contributed by atoms with E-state index in [4.69, 9.17) is 9.47 Å². The highest BCUT2D eigenvalue weighted by Crippen LogP contribution is 2.31. The van der Waals surface area contributed by atoms with Gasteiger partial charge in [-0.05, 0) is 66.6 Å². The Kier molecular flexibility index (Phi) is 8.62. The molecule has 4 rings (SSSR count). The minimum atomic E-state index is -3.40. The lowest BCUT2D eigenvalue weighted by molar-refractivity contribution is -0.123. The lowest BCUT2D eigenvalue weighted by atomic mass is 10.1. The number of rotatable bonds is 11. The summed E-state index contributed by atoms with van der Waals surface area (Å²) in [6.07, 6.45) is -1.11. The summed E-state index contributed by atoms with van der Waals surface area (Å²) in [5.74, 6) is 0.540. The van der Waals surface area contributed by atoms with E-state index in [0.29, 0.717) is 45.4 Å². The number of nitrogens with zero attached hydrogens (tertiary/aromatic N) is 1. The third-order valence-electron chi connectivity index (χ3n) is 5.83. The number of fused-ring (bicyclic) bond motifs is 1. The van der Waals surface area contributed by atoms with Crippen molar-refractivity contribution in [1.29, 1.82) is 0 Å². The fourth-order valence-corrected chi connectivity index (χ4v) is 5.58. The van der Waals surface area contributed by atoms with Gasteiger partial charge in [0, 0.05) is 5.56 Å². The van der Waals surface area contributed by atoms with Crippen molar-refractivity contribution in [1.82, 2.24) is 4.98 Å². The van der Waals surface area contributed by atoms with E-state index < -0.39 is 21.8 Å². The molecule has 1 heterocycles. The van der Waals surface area contributed by atoms with Gasteiger partial charge in [-0.2, -0.15) is 0 Å². The highest BCUT2D eigenvalue weighted by Gasteiger charge is 2.25. The molecule has 0 aliphatic rings. The molecule has 0 bridgehead atoms. The largest absolute Gasteiger partial charge is 0.494 e. The van der Waals surface area contributed by atoms with Crippen molar-refractivity contribution in [3.63, 3.8) is 0 Å². The predicted octanol–water partition coefficient (Wildman–Crippen LogP) is 4.23. The van der Waals surface area contributed by atoms with Crippen molar-refractivity contribution in [3.8, 4) is 11.5 Å². The molecule has 1 unspecified atom stereocenters. The summed E-state index contributed by atoms with van der Waals surface area (Å²) < 4.78 is 36.8. The number of hydrogen-bond acceptors (Lipinski definition) is 9. The number of amides is 1. The lowest BCUT2D eigenvalue weighted by Gasteiger charge is -2.19. The third kappa shape index (κ3) is 6.13. The van der Waals surface area contributed by atoms with E-state index in [1.165, 1.54) is 23.5 Å². The number of carbonyl (C=O) groups excluding carboxylic acids is 1. The molecule has 0 radical (unpaired) electrons. The molecule has 0 fully saturated rings. The molecular formula is C27H28N2O7S2. The van der Waals surface area contributed by atoms with Crippen LogP contribution in [0.5, 0.6) is 11.5 Å². The Labute approximate surface area is 224 Å². The van der Waals surface area contributed by atoms with Gasteiger partial charge in [0.2, 0.25) is 6.10 Å². The molecule has 9 nitrogen and oxygen atoms in total. The monoisotopic (exact) mass is 556 g/mol. The zero-order chi connectivity index (χ0) is 27.3. The van der Waals surface area contributed by atoms with Crippen LogP contribution in [0, 0.1) is 0 Å². The Morgan fingerprint density at radius 2 is 1.61 bits per heavy atom. The van der Waals surface area contributed by atoms with Gasteiger partial charge in [0.1, 0.15) is 11.5 Å². The fourth-order valence-electron chi connectivity index (χ4n) is 3.78. The zero-order valence-corrected chi connectivity index (χ0v) is 22.5. The van der Waals surface area contributed by atoms with E-state index in [0.717, 1.165) is 4.70 Å². The molecule has 0 aliphatic heterocycles. The van der Waals surface area contributed by atoms with Crippen LogP contribution in [-0.4, -0.2) is 41.9 Å². The highest BCUT2D eigenvalue weighted by molar-refractivity contribution is 7.91. The second-order valence-corrected chi connectivity index (χ2v) is 11.6. The number of nitrogens with one attached hydrogen (secondary N) is 1. The number of carbonyl (C=O) groups is 1. The molecule has 4 aromatic rings. The van der Waals surface area contributed by atoms with Crippen LogP contribution in [0.4, 0.5) is 5.13 Å². The maximum Gasteiger partial charge on any atom is 0.271 e. The molecular weight excluding hydrogens is 528 g/mol. The standard InChI is InChI=1S/C27H28N2O7S2/c1-3-35-20-7-9-21(10-8-20)36-25(17-5-11-22(12-6-17)38(33,34)4-2)26(32)29-27-28-23-13-18(15-30)19(16-31)14-24(23)37-27/h5-14,25,30-31H,3-4,15-16H2,1-2H3,(H,28,29,32). The first-order chi connectivity index (χ1) is 18.3. The smallest absolute Gasteiger partial charge is 0.271 e.